The summed E-state index contributed by atoms with van der Waals surface area (Å²) in [6.45, 7) is 3.73. The Morgan fingerprint density at radius 1 is 1.30 bits per heavy atom. The van der Waals surface area contributed by atoms with E-state index in [1.807, 2.05) is 44.2 Å². The number of thiophene rings is 1. The predicted molar refractivity (Wildman–Crippen MR) is 82.2 cm³/mol. The Morgan fingerprint density at radius 3 is 2.70 bits per heavy atom. The second kappa shape index (κ2) is 6.38. The van der Waals surface area contributed by atoms with Crippen LogP contribution < -0.4 is 5.32 Å². The first-order valence-corrected chi connectivity index (χ1v) is 7.00. The summed E-state index contributed by atoms with van der Waals surface area (Å²) in [5.41, 5.74) is 2.54. The molecule has 1 heterocycles. The average molecular weight is 285 g/mol. The summed E-state index contributed by atoms with van der Waals surface area (Å²) in [6, 6.07) is 9.30. The maximum atomic E-state index is 12.1. The van der Waals surface area contributed by atoms with Gasteiger partial charge in [-0.05, 0) is 49.7 Å². The Morgan fingerprint density at radius 2 is 2.10 bits per heavy atom. The van der Waals surface area contributed by atoms with Crippen molar-refractivity contribution in [2.75, 3.05) is 11.9 Å². The summed E-state index contributed by atoms with van der Waals surface area (Å²) in [5, 5.41) is 11.6. The van der Waals surface area contributed by atoms with Crippen molar-refractivity contribution in [3.05, 3.63) is 51.2 Å². The van der Waals surface area contributed by atoms with Gasteiger partial charge in [0, 0.05) is 16.1 Å². The molecule has 1 aromatic carbocycles. The molecule has 0 atom stereocenters. The maximum Gasteiger partial charge on any atom is 0.265 e. The number of aryl methyl sites for hydroxylation is 2. The van der Waals surface area contributed by atoms with Crippen LogP contribution in [0, 0.1) is 25.7 Å². The maximum absolute atomic E-state index is 12.1. The second-order valence-corrected chi connectivity index (χ2v) is 5.64. The molecule has 1 amide bonds. The largest absolute Gasteiger partial charge is 0.384 e. The molecule has 0 saturated carbocycles. The van der Waals surface area contributed by atoms with Crippen LogP contribution in [-0.2, 0) is 0 Å². The molecule has 0 radical (unpaired) electrons. The number of anilines is 1. The third-order valence-electron chi connectivity index (χ3n) is 2.75. The molecule has 0 fully saturated rings. The summed E-state index contributed by atoms with van der Waals surface area (Å²) >= 11 is 1.47. The molecule has 0 unspecified atom stereocenters. The molecule has 2 rings (SSSR count). The number of hydrogen-bond acceptors (Lipinski definition) is 3. The van der Waals surface area contributed by atoms with E-state index in [0.717, 1.165) is 21.7 Å². The number of aliphatic hydroxyl groups is 1. The van der Waals surface area contributed by atoms with E-state index in [0.29, 0.717) is 4.88 Å². The number of nitrogens with one attached hydrogen (secondary N) is 1. The van der Waals surface area contributed by atoms with Crippen molar-refractivity contribution in [3.63, 3.8) is 0 Å². The van der Waals surface area contributed by atoms with Gasteiger partial charge < -0.3 is 10.4 Å². The third-order valence-corrected chi connectivity index (χ3v) is 3.75. The van der Waals surface area contributed by atoms with Gasteiger partial charge in [0.15, 0.2) is 0 Å². The van der Waals surface area contributed by atoms with Gasteiger partial charge in [-0.1, -0.05) is 11.8 Å². The minimum Gasteiger partial charge on any atom is -0.384 e. The summed E-state index contributed by atoms with van der Waals surface area (Å²) < 4.78 is 0. The van der Waals surface area contributed by atoms with E-state index >= 15 is 0 Å². The summed E-state index contributed by atoms with van der Waals surface area (Å²) in [7, 11) is 0. The van der Waals surface area contributed by atoms with E-state index in [9.17, 15) is 4.79 Å². The molecule has 0 bridgehead atoms. The van der Waals surface area contributed by atoms with Gasteiger partial charge in [-0.3, -0.25) is 4.79 Å². The van der Waals surface area contributed by atoms with E-state index in [1.165, 1.54) is 11.3 Å². The molecule has 1 aromatic heterocycles. The van der Waals surface area contributed by atoms with Crippen LogP contribution in [0.15, 0.2) is 30.3 Å². The summed E-state index contributed by atoms with van der Waals surface area (Å²) in [5.74, 6) is 5.34. The van der Waals surface area contributed by atoms with E-state index < -0.39 is 0 Å². The van der Waals surface area contributed by atoms with Gasteiger partial charge in [0.25, 0.3) is 5.91 Å². The van der Waals surface area contributed by atoms with E-state index in [2.05, 4.69) is 17.2 Å². The molecule has 4 heteroatoms. The average Bonchev–Trinajstić information content (AvgIpc) is 2.86. The fourth-order valence-electron chi connectivity index (χ4n) is 1.76. The molecule has 20 heavy (non-hydrogen) atoms. The first-order chi connectivity index (χ1) is 9.60. The highest BCUT2D eigenvalue weighted by Crippen LogP contribution is 2.20. The lowest BCUT2D eigenvalue weighted by Gasteiger charge is -2.07. The predicted octanol–water partition coefficient (Wildman–Crippen LogP) is 2.96. The van der Waals surface area contributed by atoms with Crippen molar-refractivity contribution in [3.8, 4) is 11.8 Å². The lowest BCUT2D eigenvalue weighted by molar-refractivity contribution is 0.103. The monoisotopic (exact) mass is 285 g/mol. The van der Waals surface area contributed by atoms with Crippen molar-refractivity contribution in [1.82, 2.24) is 0 Å². The Kier molecular flexibility index (Phi) is 4.57. The van der Waals surface area contributed by atoms with Crippen molar-refractivity contribution in [2.24, 2.45) is 0 Å². The molecule has 0 aliphatic heterocycles. The van der Waals surface area contributed by atoms with Crippen LogP contribution >= 0.6 is 11.3 Å². The smallest absolute Gasteiger partial charge is 0.265 e. The topological polar surface area (TPSA) is 49.3 Å². The van der Waals surface area contributed by atoms with Crippen LogP contribution in [0.4, 0.5) is 5.69 Å². The highest BCUT2D eigenvalue weighted by atomic mass is 32.1. The number of rotatable bonds is 2. The van der Waals surface area contributed by atoms with Crippen LogP contribution in [0.25, 0.3) is 0 Å². The molecular formula is C16H15NO2S. The SMILES string of the molecule is Cc1ccc(C(=O)Nc2ccc(C#CCO)cc2C)s1. The lowest BCUT2D eigenvalue weighted by atomic mass is 10.1. The lowest BCUT2D eigenvalue weighted by Crippen LogP contribution is -2.11. The van der Waals surface area contributed by atoms with E-state index in [4.69, 9.17) is 5.11 Å². The van der Waals surface area contributed by atoms with Crippen LogP contribution in [-0.4, -0.2) is 17.6 Å². The standard InChI is InChI=1S/C16H15NO2S/c1-11-10-13(4-3-9-18)6-7-14(11)17-16(19)15-8-5-12(2)20-15/h5-8,10,18H,9H2,1-2H3,(H,17,19). The molecule has 2 aromatic rings. The molecule has 0 spiro atoms. The Bertz CT molecular complexity index is 692. The summed E-state index contributed by atoms with van der Waals surface area (Å²) in [6.07, 6.45) is 0. The third kappa shape index (κ3) is 3.47. The van der Waals surface area contributed by atoms with Gasteiger partial charge in [-0.25, -0.2) is 0 Å². The normalized spacial score (nSPS) is 9.75. The van der Waals surface area contributed by atoms with Crippen molar-refractivity contribution >= 4 is 22.9 Å². The number of carbonyl (C=O) groups is 1. The minimum absolute atomic E-state index is 0.0969. The zero-order valence-electron chi connectivity index (χ0n) is 11.4. The van der Waals surface area contributed by atoms with Gasteiger partial charge >= 0.3 is 0 Å². The number of amides is 1. The van der Waals surface area contributed by atoms with Gasteiger partial charge in [-0.2, -0.15) is 0 Å². The molecule has 3 nitrogen and oxygen atoms in total. The van der Waals surface area contributed by atoms with Crippen LogP contribution in [0.2, 0.25) is 0 Å². The van der Waals surface area contributed by atoms with Crippen LogP contribution in [0.3, 0.4) is 0 Å². The summed E-state index contributed by atoms with van der Waals surface area (Å²) in [4.78, 5) is 13.9. The first kappa shape index (κ1) is 14.3. The zero-order valence-corrected chi connectivity index (χ0v) is 12.2. The molecule has 0 aliphatic rings. The van der Waals surface area contributed by atoms with E-state index in [-0.39, 0.29) is 12.5 Å². The molecular weight excluding hydrogens is 270 g/mol. The first-order valence-electron chi connectivity index (χ1n) is 6.18. The fourth-order valence-corrected chi connectivity index (χ4v) is 2.53. The number of aliphatic hydroxyl groups excluding tert-OH is 1. The zero-order chi connectivity index (χ0) is 14.5. The van der Waals surface area contributed by atoms with Crippen LogP contribution in [0.5, 0.6) is 0 Å². The Balaban J connectivity index is 2.16. The van der Waals surface area contributed by atoms with Crippen molar-refractivity contribution < 1.29 is 9.90 Å². The Hall–Kier alpha value is -2.09. The van der Waals surface area contributed by atoms with Gasteiger partial charge in [0.1, 0.15) is 6.61 Å². The number of benzene rings is 1. The minimum atomic E-state index is -0.157. The van der Waals surface area contributed by atoms with E-state index in [1.54, 1.807) is 0 Å². The molecule has 0 saturated heterocycles. The highest BCUT2D eigenvalue weighted by Gasteiger charge is 2.09. The van der Waals surface area contributed by atoms with Gasteiger partial charge in [-0.15, -0.1) is 11.3 Å². The van der Waals surface area contributed by atoms with Crippen molar-refractivity contribution in [1.29, 1.82) is 0 Å². The fraction of sp³-hybridized carbons (Fsp3) is 0.188. The van der Waals surface area contributed by atoms with Crippen LogP contribution in [0.1, 0.15) is 25.7 Å². The molecule has 102 valence electrons. The van der Waals surface area contributed by atoms with Crippen molar-refractivity contribution in [2.45, 2.75) is 13.8 Å². The quantitative estimate of drug-likeness (QED) is 0.833. The molecule has 0 aliphatic carbocycles. The van der Waals surface area contributed by atoms with Gasteiger partial charge in [0.05, 0.1) is 4.88 Å². The second-order valence-electron chi connectivity index (χ2n) is 4.35. The molecule has 2 N–H and O–H groups in total. The highest BCUT2D eigenvalue weighted by molar-refractivity contribution is 7.14. The van der Waals surface area contributed by atoms with Gasteiger partial charge in [0.2, 0.25) is 0 Å². The number of hydrogen-bond donors (Lipinski definition) is 2. The Labute approximate surface area is 122 Å². The number of carbonyl (C=O) groups excluding carboxylic acids is 1.